The number of amides is 1. The van der Waals surface area contributed by atoms with Crippen LogP contribution in [0.1, 0.15) is 10.4 Å². The molecule has 0 aliphatic rings. The van der Waals surface area contributed by atoms with Gasteiger partial charge in [0.15, 0.2) is 0 Å². The number of aromatic hydroxyl groups is 2. The van der Waals surface area contributed by atoms with Gasteiger partial charge in [0.2, 0.25) is 0 Å². The van der Waals surface area contributed by atoms with Crippen molar-refractivity contribution in [2.75, 3.05) is 14.1 Å². The van der Waals surface area contributed by atoms with E-state index < -0.39 is 17.4 Å². The highest BCUT2D eigenvalue weighted by Crippen LogP contribution is 2.23. The van der Waals surface area contributed by atoms with Crippen molar-refractivity contribution in [1.29, 1.82) is 0 Å². The second kappa shape index (κ2) is 4.00. The van der Waals surface area contributed by atoms with E-state index in [1.54, 1.807) is 0 Å². The summed E-state index contributed by atoms with van der Waals surface area (Å²) in [6.45, 7) is 0. The molecule has 5 heteroatoms. The van der Waals surface area contributed by atoms with Crippen LogP contribution in [0.25, 0.3) is 0 Å². The lowest BCUT2D eigenvalue weighted by molar-refractivity contribution is -0.124. The first-order valence-corrected chi connectivity index (χ1v) is 4.21. The van der Waals surface area contributed by atoms with E-state index in [9.17, 15) is 14.7 Å². The van der Waals surface area contributed by atoms with Crippen LogP contribution in [-0.2, 0) is 4.79 Å². The fourth-order valence-electron chi connectivity index (χ4n) is 1.03. The Kier molecular flexibility index (Phi) is 2.94. The van der Waals surface area contributed by atoms with E-state index in [4.69, 9.17) is 5.11 Å². The van der Waals surface area contributed by atoms with Gasteiger partial charge in [-0.2, -0.15) is 0 Å². The minimum Gasteiger partial charge on any atom is -0.508 e. The molecule has 0 aliphatic heterocycles. The third-order valence-electron chi connectivity index (χ3n) is 1.83. The molecule has 80 valence electrons. The van der Waals surface area contributed by atoms with Gasteiger partial charge in [-0.25, -0.2) is 0 Å². The molecular formula is C10H11NO4. The van der Waals surface area contributed by atoms with Crippen LogP contribution in [0.3, 0.4) is 0 Å². The molecule has 1 amide bonds. The summed E-state index contributed by atoms with van der Waals surface area (Å²) in [4.78, 5) is 23.9. The first-order chi connectivity index (χ1) is 6.93. The van der Waals surface area contributed by atoms with Crippen molar-refractivity contribution in [3.05, 3.63) is 23.8 Å². The second-order valence-corrected chi connectivity index (χ2v) is 3.23. The number of nitrogens with zero attached hydrogens (tertiary/aromatic N) is 1. The normalized spacial score (nSPS) is 9.73. The summed E-state index contributed by atoms with van der Waals surface area (Å²) < 4.78 is 0. The van der Waals surface area contributed by atoms with Crippen molar-refractivity contribution in [3.8, 4) is 11.5 Å². The van der Waals surface area contributed by atoms with E-state index in [-0.39, 0.29) is 11.3 Å². The number of hydrogen-bond donors (Lipinski definition) is 2. The molecule has 0 aromatic heterocycles. The zero-order chi connectivity index (χ0) is 11.6. The number of likely N-dealkylation sites (N-methyl/N-ethyl adjacent to an activating group) is 1. The number of hydrogen-bond acceptors (Lipinski definition) is 4. The Hall–Kier alpha value is -2.04. The molecule has 0 unspecified atom stereocenters. The SMILES string of the molecule is CN(C)C(=O)C(=O)c1ccc(O)cc1O. The van der Waals surface area contributed by atoms with Crippen LogP contribution in [0.2, 0.25) is 0 Å². The molecule has 0 saturated heterocycles. The predicted octanol–water partition coefficient (Wildman–Crippen LogP) is 0.369. The van der Waals surface area contributed by atoms with Gasteiger partial charge in [-0.05, 0) is 12.1 Å². The van der Waals surface area contributed by atoms with Crippen LogP contribution < -0.4 is 0 Å². The summed E-state index contributed by atoms with van der Waals surface area (Å²) in [5.41, 5.74) is -0.119. The molecular weight excluding hydrogens is 198 g/mol. The molecule has 1 rings (SSSR count). The Morgan fingerprint density at radius 1 is 1.20 bits per heavy atom. The summed E-state index contributed by atoms with van der Waals surface area (Å²) in [7, 11) is 2.88. The van der Waals surface area contributed by atoms with E-state index in [0.717, 1.165) is 11.0 Å². The fraction of sp³-hybridized carbons (Fsp3) is 0.200. The molecule has 1 aromatic rings. The molecule has 0 atom stereocenters. The Morgan fingerprint density at radius 2 is 1.80 bits per heavy atom. The van der Waals surface area contributed by atoms with Gasteiger partial charge < -0.3 is 15.1 Å². The molecule has 2 N–H and O–H groups in total. The highest BCUT2D eigenvalue weighted by atomic mass is 16.3. The van der Waals surface area contributed by atoms with Gasteiger partial charge in [-0.1, -0.05) is 0 Å². The zero-order valence-electron chi connectivity index (χ0n) is 8.39. The lowest BCUT2D eigenvalue weighted by Crippen LogP contribution is -2.29. The number of ketones is 1. The summed E-state index contributed by atoms with van der Waals surface area (Å²) in [5, 5.41) is 18.3. The lowest BCUT2D eigenvalue weighted by Gasteiger charge is -2.09. The van der Waals surface area contributed by atoms with Gasteiger partial charge in [0.1, 0.15) is 11.5 Å². The molecule has 0 fully saturated rings. The summed E-state index contributed by atoms with van der Waals surface area (Å²) in [6.07, 6.45) is 0. The number of phenols is 2. The van der Waals surface area contributed by atoms with Gasteiger partial charge in [-0.3, -0.25) is 9.59 Å². The number of carbonyl (C=O) groups excluding carboxylic acids is 2. The zero-order valence-corrected chi connectivity index (χ0v) is 8.39. The number of Topliss-reactive ketones (excluding diaryl/α,β-unsaturated/α-hetero) is 1. The Morgan fingerprint density at radius 3 is 2.27 bits per heavy atom. The van der Waals surface area contributed by atoms with Crippen LogP contribution >= 0.6 is 0 Å². The molecule has 0 spiro atoms. The van der Waals surface area contributed by atoms with Gasteiger partial charge >= 0.3 is 0 Å². The summed E-state index contributed by atoms with van der Waals surface area (Å²) in [6, 6.07) is 3.44. The van der Waals surface area contributed by atoms with Crippen LogP contribution in [-0.4, -0.2) is 40.9 Å². The van der Waals surface area contributed by atoms with Crippen LogP contribution in [0.15, 0.2) is 18.2 Å². The first-order valence-electron chi connectivity index (χ1n) is 4.21. The van der Waals surface area contributed by atoms with Crippen molar-refractivity contribution < 1.29 is 19.8 Å². The van der Waals surface area contributed by atoms with Gasteiger partial charge in [0, 0.05) is 20.2 Å². The van der Waals surface area contributed by atoms with Crippen molar-refractivity contribution >= 4 is 11.7 Å². The van der Waals surface area contributed by atoms with E-state index in [1.807, 2.05) is 0 Å². The molecule has 1 aromatic carbocycles. The van der Waals surface area contributed by atoms with Crippen LogP contribution in [0.4, 0.5) is 0 Å². The summed E-state index contributed by atoms with van der Waals surface area (Å²) >= 11 is 0. The fourth-order valence-corrected chi connectivity index (χ4v) is 1.03. The highest BCUT2D eigenvalue weighted by Gasteiger charge is 2.21. The average Bonchev–Trinajstić information content (AvgIpc) is 2.15. The third kappa shape index (κ3) is 2.25. The van der Waals surface area contributed by atoms with Crippen molar-refractivity contribution in [3.63, 3.8) is 0 Å². The largest absolute Gasteiger partial charge is 0.508 e. The first kappa shape index (κ1) is 11.0. The maximum absolute atomic E-state index is 11.5. The van der Waals surface area contributed by atoms with E-state index in [2.05, 4.69) is 0 Å². The lowest BCUT2D eigenvalue weighted by atomic mass is 10.1. The second-order valence-electron chi connectivity index (χ2n) is 3.23. The van der Waals surface area contributed by atoms with Crippen LogP contribution in [0.5, 0.6) is 11.5 Å². The molecule has 0 heterocycles. The van der Waals surface area contributed by atoms with E-state index in [1.165, 1.54) is 26.2 Å². The number of carbonyl (C=O) groups is 2. The number of rotatable bonds is 2. The molecule has 0 radical (unpaired) electrons. The Labute approximate surface area is 86.6 Å². The Balaban J connectivity index is 3.07. The minimum absolute atomic E-state index is 0.119. The van der Waals surface area contributed by atoms with Crippen molar-refractivity contribution in [2.24, 2.45) is 0 Å². The smallest absolute Gasteiger partial charge is 0.294 e. The quantitative estimate of drug-likeness (QED) is 0.545. The molecule has 15 heavy (non-hydrogen) atoms. The number of benzene rings is 1. The maximum atomic E-state index is 11.5. The van der Waals surface area contributed by atoms with E-state index in [0.29, 0.717) is 0 Å². The molecule has 0 bridgehead atoms. The monoisotopic (exact) mass is 209 g/mol. The maximum Gasteiger partial charge on any atom is 0.294 e. The van der Waals surface area contributed by atoms with Gasteiger partial charge in [-0.15, -0.1) is 0 Å². The molecule has 0 saturated carbocycles. The molecule has 5 nitrogen and oxygen atoms in total. The Bertz CT molecular complexity index is 412. The summed E-state index contributed by atoms with van der Waals surface area (Å²) in [5.74, 6) is -2.11. The van der Waals surface area contributed by atoms with Crippen molar-refractivity contribution in [1.82, 2.24) is 4.90 Å². The topological polar surface area (TPSA) is 77.8 Å². The number of phenolic OH excluding ortho intramolecular Hbond substituents is 2. The molecule has 0 aliphatic carbocycles. The standard InChI is InChI=1S/C10H11NO4/c1-11(2)10(15)9(14)7-4-3-6(12)5-8(7)13/h3-5,12-13H,1-2H3. The van der Waals surface area contributed by atoms with Gasteiger partial charge in [0.25, 0.3) is 11.7 Å². The van der Waals surface area contributed by atoms with Gasteiger partial charge in [0.05, 0.1) is 5.56 Å². The minimum atomic E-state index is -0.808. The predicted molar refractivity (Wildman–Crippen MR) is 52.8 cm³/mol. The van der Waals surface area contributed by atoms with E-state index >= 15 is 0 Å². The van der Waals surface area contributed by atoms with Crippen LogP contribution in [0, 0.1) is 0 Å². The third-order valence-corrected chi connectivity index (χ3v) is 1.83. The highest BCUT2D eigenvalue weighted by molar-refractivity contribution is 6.43. The average molecular weight is 209 g/mol. The van der Waals surface area contributed by atoms with Crippen molar-refractivity contribution in [2.45, 2.75) is 0 Å².